The number of likely N-dealkylation sites (tertiary alicyclic amines) is 1. The van der Waals surface area contributed by atoms with E-state index < -0.39 is 10.8 Å². The molecule has 1 saturated heterocycles. The van der Waals surface area contributed by atoms with Crippen molar-refractivity contribution in [2.45, 2.75) is 50.3 Å². The molecule has 0 spiro atoms. The molecule has 5 nitrogen and oxygen atoms in total. The lowest BCUT2D eigenvalue weighted by Gasteiger charge is -2.31. The Balaban J connectivity index is 1.50. The minimum absolute atomic E-state index is 0.0248. The third-order valence-electron chi connectivity index (χ3n) is 5.62. The number of piperidine rings is 1. The van der Waals surface area contributed by atoms with Gasteiger partial charge in [0.05, 0.1) is 10.8 Å². The van der Waals surface area contributed by atoms with Gasteiger partial charge in [0.25, 0.3) is 5.91 Å². The molecule has 1 heterocycles. The predicted octanol–water partition coefficient (Wildman–Crippen LogP) is 3.82. The molecule has 1 fully saturated rings. The number of nitrogens with zero attached hydrogens (tertiary/aromatic N) is 1. The molecular weight excluding hydrogens is 415 g/mol. The van der Waals surface area contributed by atoms with E-state index in [9.17, 15) is 18.2 Å². The average molecular weight is 445 g/mol. The number of hydrogen-bond donors (Lipinski definition) is 1. The third-order valence-corrected chi connectivity index (χ3v) is 7.21. The fraction of sp³-hybridized carbons (Fsp3) is 0.417. The van der Waals surface area contributed by atoms with Crippen molar-refractivity contribution >= 4 is 22.6 Å². The van der Waals surface area contributed by atoms with Gasteiger partial charge in [-0.1, -0.05) is 26.0 Å². The second-order valence-corrected chi connectivity index (χ2v) is 10.2. The molecule has 0 aromatic heterocycles. The van der Waals surface area contributed by atoms with Gasteiger partial charge >= 0.3 is 0 Å². The number of benzene rings is 2. The standard InChI is InChI=1S/C24H29FN2O3S/c1-16(2)31(30)21-8-6-20(7-9-21)24(29)27-12-10-19(11-13-27)23(28)26-15-18-5-4-17(3)22(25)14-18/h4-9,14,16,19H,10-13,15H2,1-3H3,(H,26,28). The lowest BCUT2D eigenvalue weighted by atomic mass is 9.95. The first-order valence-corrected chi connectivity index (χ1v) is 11.8. The van der Waals surface area contributed by atoms with Gasteiger partial charge in [0, 0.05) is 41.3 Å². The summed E-state index contributed by atoms with van der Waals surface area (Å²) in [5.41, 5.74) is 1.87. The van der Waals surface area contributed by atoms with Crippen LogP contribution in [0.5, 0.6) is 0 Å². The highest BCUT2D eigenvalue weighted by Crippen LogP contribution is 2.21. The number of rotatable bonds is 6. The molecule has 3 rings (SSSR count). The summed E-state index contributed by atoms with van der Waals surface area (Å²) in [7, 11) is -1.08. The molecule has 0 bridgehead atoms. The van der Waals surface area contributed by atoms with E-state index in [1.165, 1.54) is 6.07 Å². The molecule has 1 aliphatic rings. The number of carbonyl (C=O) groups excluding carboxylic acids is 2. The summed E-state index contributed by atoms with van der Waals surface area (Å²) in [5, 5.41) is 2.90. The molecule has 166 valence electrons. The molecule has 7 heteroatoms. The van der Waals surface area contributed by atoms with Crippen LogP contribution in [0.15, 0.2) is 47.4 Å². The van der Waals surface area contributed by atoms with Gasteiger partial charge in [-0.3, -0.25) is 13.8 Å². The van der Waals surface area contributed by atoms with Crippen molar-refractivity contribution in [1.82, 2.24) is 10.2 Å². The van der Waals surface area contributed by atoms with Gasteiger partial charge in [-0.2, -0.15) is 0 Å². The van der Waals surface area contributed by atoms with E-state index in [1.807, 2.05) is 19.9 Å². The monoisotopic (exact) mass is 444 g/mol. The van der Waals surface area contributed by atoms with Crippen molar-refractivity contribution in [2.24, 2.45) is 5.92 Å². The van der Waals surface area contributed by atoms with Crippen LogP contribution in [0.25, 0.3) is 0 Å². The van der Waals surface area contributed by atoms with Crippen LogP contribution < -0.4 is 5.32 Å². The molecule has 0 saturated carbocycles. The van der Waals surface area contributed by atoms with Crippen LogP contribution in [-0.2, 0) is 22.1 Å². The maximum absolute atomic E-state index is 13.6. The first-order valence-electron chi connectivity index (χ1n) is 10.6. The number of amides is 2. The number of hydrogen-bond acceptors (Lipinski definition) is 3. The highest BCUT2D eigenvalue weighted by Gasteiger charge is 2.27. The molecule has 1 aliphatic heterocycles. The minimum atomic E-state index is -1.08. The normalized spacial score (nSPS) is 15.7. The largest absolute Gasteiger partial charge is 0.352 e. The maximum atomic E-state index is 13.6. The van der Waals surface area contributed by atoms with E-state index >= 15 is 0 Å². The van der Waals surface area contributed by atoms with Crippen molar-refractivity contribution in [3.05, 3.63) is 65.0 Å². The molecule has 1 unspecified atom stereocenters. The van der Waals surface area contributed by atoms with Crippen molar-refractivity contribution in [3.63, 3.8) is 0 Å². The van der Waals surface area contributed by atoms with E-state index in [0.717, 1.165) is 10.5 Å². The van der Waals surface area contributed by atoms with E-state index in [1.54, 1.807) is 42.2 Å². The van der Waals surface area contributed by atoms with Crippen LogP contribution in [0.2, 0.25) is 0 Å². The SMILES string of the molecule is Cc1ccc(CNC(=O)C2CCN(C(=O)c3ccc(S(=O)C(C)C)cc3)CC2)cc1F. The van der Waals surface area contributed by atoms with Crippen LogP contribution in [0.4, 0.5) is 4.39 Å². The van der Waals surface area contributed by atoms with E-state index in [0.29, 0.717) is 43.6 Å². The summed E-state index contributed by atoms with van der Waals surface area (Å²) in [6.07, 6.45) is 1.19. The summed E-state index contributed by atoms with van der Waals surface area (Å²) in [6.45, 7) is 6.81. The Morgan fingerprint density at radius 3 is 2.35 bits per heavy atom. The molecular formula is C24H29FN2O3S. The lowest BCUT2D eigenvalue weighted by molar-refractivity contribution is -0.126. The molecule has 1 atom stereocenters. The summed E-state index contributed by atoms with van der Waals surface area (Å²) in [5.74, 6) is -0.568. The Hall–Kier alpha value is -2.54. The lowest BCUT2D eigenvalue weighted by Crippen LogP contribution is -2.42. The van der Waals surface area contributed by atoms with Crippen LogP contribution in [0.1, 0.15) is 48.2 Å². The van der Waals surface area contributed by atoms with E-state index in [2.05, 4.69) is 5.32 Å². The summed E-state index contributed by atoms with van der Waals surface area (Å²) in [6, 6.07) is 11.9. The number of carbonyl (C=O) groups is 2. The third kappa shape index (κ3) is 5.79. The summed E-state index contributed by atoms with van der Waals surface area (Å²) >= 11 is 0. The van der Waals surface area contributed by atoms with Gasteiger partial charge < -0.3 is 10.2 Å². The molecule has 0 radical (unpaired) electrons. The second kappa shape index (κ2) is 10.2. The van der Waals surface area contributed by atoms with Crippen LogP contribution in [0.3, 0.4) is 0 Å². The molecule has 31 heavy (non-hydrogen) atoms. The Morgan fingerprint density at radius 1 is 1.13 bits per heavy atom. The van der Waals surface area contributed by atoms with Gasteiger partial charge in [-0.15, -0.1) is 0 Å². The van der Waals surface area contributed by atoms with Gasteiger partial charge in [-0.25, -0.2) is 4.39 Å². The van der Waals surface area contributed by atoms with Crippen LogP contribution >= 0.6 is 0 Å². The number of aryl methyl sites for hydroxylation is 1. The first kappa shape index (κ1) is 23.1. The predicted molar refractivity (Wildman–Crippen MR) is 120 cm³/mol. The zero-order valence-electron chi connectivity index (χ0n) is 18.2. The zero-order valence-corrected chi connectivity index (χ0v) is 19.0. The quantitative estimate of drug-likeness (QED) is 0.737. The zero-order chi connectivity index (χ0) is 22.5. The fourth-order valence-corrected chi connectivity index (χ4v) is 4.56. The van der Waals surface area contributed by atoms with Crippen LogP contribution in [0, 0.1) is 18.7 Å². The second-order valence-electron chi connectivity index (χ2n) is 8.24. The van der Waals surface area contributed by atoms with Crippen molar-refractivity contribution in [2.75, 3.05) is 13.1 Å². The topological polar surface area (TPSA) is 66.5 Å². The van der Waals surface area contributed by atoms with E-state index in [-0.39, 0.29) is 28.8 Å². The van der Waals surface area contributed by atoms with Gasteiger partial charge in [0.15, 0.2) is 0 Å². The van der Waals surface area contributed by atoms with Gasteiger partial charge in [-0.05, 0) is 61.2 Å². The van der Waals surface area contributed by atoms with Crippen molar-refractivity contribution < 1.29 is 18.2 Å². The van der Waals surface area contributed by atoms with Gasteiger partial charge in [0.1, 0.15) is 5.82 Å². The smallest absolute Gasteiger partial charge is 0.253 e. The number of halogens is 1. The molecule has 2 aromatic carbocycles. The summed E-state index contributed by atoms with van der Waals surface area (Å²) in [4.78, 5) is 27.7. The van der Waals surface area contributed by atoms with E-state index in [4.69, 9.17) is 0 Å². The fourth-order valence-electron chi connectivity index (χ4n) is 3.61. The van der Waals surface area contributed by atoms with Crippen LogP contribution in [-0.4, -0.2) is 39.3 Å². The average Bonchev–Trinajstić information content (AvgIpc) is 2.78. The minimum Gasteiger partial charge on any atom is -0.352 e. The highest BCUT2D eigenvalue weighted by atomic mass is 32.2. The van der Waals surface area contributed by atoms with Crippen molar-refractivity contribution in [1.29, 1.82) is 0 Å². The molecule has 1 N–H and O–H groups in total. The Morgan fingerprint density at radius 2 is 1.77 bits per heavy atom. The van der Waals surface area contributed by atoms with Crippen molar-refractivity contribution in [3.8, 4) is 0 Å². The summed E-state index contributed by atoms with van der Waals surface area (Å²) < 4.78 is 25.8. The Bertz CT molecular complexity index is 967. The maximum Gasteiger partial charge on any atom is 0.253 e. The Labute approximate surface area is 185 Å². The molecule has 2 amide bonds. The number of nitrogens with one attached hydrogen (secondary N) is 1. The molecule has 2 aromatic rings. The van der Waals surface area contributed by atoms with Gasteiger partial charge in [0.2, 0.25) is 5.91 Å². The Kier molecular flexibility index (Phi) is 7.59. The first-order chi connectivity index (χ1) is 14.8. The highest BCUT2D eigenvalue weighted by molar-refractivity contribution is 7.85. The molecule has 0 aliphatic carbocycles.